The van der Waals surface area contributed by atoms with Gasteiger partial charge in [-0.05, 0) is 0 Å². The first kappa shape index (κ1) is 6.93. The third-order valence-electron chi connectivity index (χ3n) is 1.80. The molecule has 0 amide bonds. The van der Waals surface area contributed by atoms with Crippen LogP contribution in [0.25, 0.3) is 15.7 Å². The molecule has 0 atom stereocenters. The van der Waals surface area contributed by atoms with Gasteiger partial charge in [-0.3, -0.25) is 0 Å². The van der Waals surface area contributed by atoms with Crippen molar-refractivity contribution in [2.45, 2.75) is 6.92 Å². The highest BCUT2D eigenvalue weighted by atomic mass is 14.7. The van der Waals surface area contributed by atoms with E-state index >= 15 is 0 Å². The van der Waals surface area contributed by atoms with Crippen molar-refractivity contribution >= 4 is 16.6 Å². The molecule has 2 heteroatoms. The molecule has 2 nitrogen and oxygen atoms in total. The lowest BCUT2D eigenvalue weighted by molar-refractivity contribution is 1.27. The van der Waals surface area contributed by atoms with E-state index in [0.29, 0.717) is 5.69 Å². The maximum atomic E-state index is 6.83. The number of nitrogens with zero attached hydrogens (tertiary/aromatic N) is 2. The zero-order valence-corrected chi connectivity index (χ0v) is 6.70. The average molecular weight is 155 g/mol. The summed E-state index contributed by atoms with van der Waals surface area (Å²) in [5.74, 6) is 0. The SMILES string of the molecule is [C-]#[N+]c1ccc2[n-]c(C)cc2c1. The fraction of sp³-hybridized carbons (Fsp3) is 0.100. The zero-order valence-electron chi connectivity index (χ0n) is 6.70. The third kappa shape index (κ3) is 0.960. The van der Waals surface area contributed by atoms with Gasteiger partial charge in [0.15, 0.2) is 5.69 Å². The van der Waals surface area contributed by atoms with Gasteiger partial charge in [0.1, 0.15) is 0 Å². The maximum absolute atomic E-state index is 6.83. The van der Waals surface area contributed by atoms with Crippen molar-refractivity contribution in [1.29, 1.82) is 0 Å². The Labute approximate surface area is 70.7 Å². The number of rotatable bonds is 0. The van der Waals surface area contributed by atoms with Crippen LogP contribution in [0.1, 0.15) is 5.69 Å². The summed E-state index contributed by atoms with van der Waals surface area (Å²) in [5, 5.41) is 1.06. The van der Waals surface area contributed by atoms with Gasteiger partial charge in [-0.2, -0.15) is 5.69 Å². The highest BCUT2D eigenvalue weighted by molar-refractivity contribution is 5.83. The van der Waals surface area contributed by atoms with E-state index in [0.717, 1.165) is 16.6 Å². The molecule has 0 spiro atoms. The highest BCUT2D eigenvalue weighted by Gasteiger charge is 1.90. The van der Waals surface area contributed by atoms with E-state index in [1.54, 1.807) is 6.07 Å². The van der Waals surface area contributed by atoms with Gasteiger partial charge in [0.05, 0.1) is 6.57 Å². The number of aromatic nitrogens is 1. The molecule has 58 valence electrons. The summed E-state index contributed by atoms with van der Waals surface area (Å²) in [6.45, 7) is 8.79. The Balaban J connectivity index is 2.77. The molecule has 12 heavy (non-hydrogen) atoms. The third-order valence-corrected chi connectivity index (χ3v) is 1.80. The van der Waals surface area contributed by atoms with E-state index in [1.807, 2.05) is 25.1 Å². The largest absolute Gasteiger partial charge is 0.661 e. The number of aryl methyl sites for hydroxylation is 1. The maximum Gasteiger partial charge on any atom is 0.187 e. The first-order valence-corrected chi connectivity index (χ1v) is 3.71. The first-order chi connectivity index (χ1) is 5.79. The van der Waals surface area contributed by atoms with Gasteiger partial charge in [-0.15, -0.1) is 5.52 Å². The van der Waals surface area contributed by atoms with E-state index in [9.17, 15) is 0 Å². The summed E-state index contributed by atoms with van der Waals surface area (Å²) in [4.78, 5) is 7.64. The Morgan fingerprint density at radius 1 is 1.33 bits per heavy atom. The molecule has 0 saturated heterocycles. The van der Waals surface area contributed by atoms with Crippen molar-refractivity contribution in [3.63, 3.8) is 0 Å². The van der Waals surface area contributed by atoms with E-state index in [4.69, 9.17) is 6.57 Å². The lowest BCUT2D eigenvalue weighted by Gasteiger charge is -1.98. The molecule has 2 rings (SSSR count). The minimum absolute atomic E-state index is 0.676. The molecule has 0 unspecified atom stereocenters. The summed E-state index contributed by atoms with van der Waals surface area (Å²) >= 11 is 0. The normalized spacial score (nSPS) is 10.0. The van der Waals surface area contributed by atoms with Crippen LogP contribution in [-0.2, 0) is 0 Å². The van der Waals surface area contributed by atoms with Crippen LogP contribution in [-0.4, -0.2) is 0 Å². The van der Waals surface area contributed by atoms with Crippen LogP contribution in [0.4, 0.5) is 5.69 Å². The summed E-state index contributed by atoms with van der Waals surface area (Å²) in [5.41, 5.74) is 2.65. The quantitative estimate of drug-likeness (QED) is 0.535. The van der Waals surface area contributed by atoms with Gasteiger partial charge in [0.2, 0.25) is 0 Å². The van der Waals surface area contributed by atoms with Crippen LogP contribution in [0.3, 0.4) is 0 Å². The second kappa shape index (κ2) is 2.38. The standard InChI is InChI=1S/C10H7N2/c1-7-5-8-6-9(11-2)3-4-10(8)12-7/h3-6H,1H3/q-1. The second-order valence-corrected chi connectivity index (χ2v) is 2.75. The fourth-order valence-electron chi connectivity index (χ4n) is 1.28. The van der Waals surface area contributed by atoms with Crippen molar-refractivity contribution in [3.8, 4) is 0 Å². The smallest absolute Gasteiger partial charge is 0.187 e. The van der Waals surface area contributed by atoms with E-state index in [1.165, 1.54) is 0 Å². The van der Waals surface area contributed by atoms with Crippen molar-refractivity contribution in [2.75, 3.05) is 0 Å². The minimum atomic E-state index is 0.676. The van der Waals surface area contributed by atoms with Crippen molar-refractivity contribution in [1.82, 2.24) is 4.98 Å². The predicted molar refractivity (Wildman–Crippen MR) is 48.3 cm³/mol. The van der Waals surface area contributed by atoms with Gasteiger partial charge in [-0.1, -0.05) is 36.6 Å². The topological polar surface area (TPSA) is 18.5 Å². The second-order valence-electron chi connectivity index (χ2n) is 2.75. The summed E-state index contributed by atoms with van der Waals surface area (Å²) < 4.78 is 0. The molecular formula is C10H7N2-. The van der Waals surface area contributed by atoms with Crippen molar-refractivity contribution in [2.24, 2.45) is 0 Å². The minimum Gasteiger partial charge on any atom is -0.661 e. The Morgan fingerprint density at radius 3 is 2.92 bits per heavy atom. The lowest BCUT2D eigenvalue weighted by Crippen LogP contribution is -1.70. The summed E-state index contributed by atoms with van der Waals surface area (Å²) in [6, 6.07) is 7.53. The highest BCUT2D eigenvalue weighted by Crippen LogP contribution is 2.20. The molecule has 1 aromatic heterocycles. The monoisotopic (exact) mass is 155 g/mol. The molecule has 0 saturated carbocycles. The molecule has 1 heterocycles. The van der Waals surface area contributed by atoms with Crippen LogP contribution in [0.2, 0.25) is 0 Å². The molecule has 0 N–H and O–H groups in total. The van der Waals surface area contributed by atoms with E-state index < -0.39 is 0 Å². The molecular weight excluding hydrogens is 148 g/mol. The van der Waals surface area contributed by atoms with E-state index in [2.05, 4.69) is 9.83 Å². The molecule has 0 aliphatic carbocycles. The number of hydrogen-bond acceptors (Lipinski definition) is 0. The Morgan fingerprint density at radius 2 is 2.17 bits per heavy atom. The van der Waals surface area contributed by atoms with Gasteiger partial charge >= 0.3 is 0 Å². The van der Waals surface area contributed by atoms with Gasteiger partial charge in [-0.25, -0.2) is 4.85 Å². The molecule has 2 aromatic rings. The van der Waals surface area contributed by atoms with Gasteiger partial charge in [0, 0.05) is 0 Å². The zero-order chi connectivity index (χ0) is 8.55. The summed E-state index contributed by atoms with van der Waals surface area (Å²) in [6.07, 6.45) is 0. The number of benzene rings is 1. The fourth-order valence-corrected chi connectivity index (χ4v) is 1.28. The molecule has 0 fully saturated rings. The predicted octanol–water partition coefficient (Wildman–Crippen LogP) is 2.66. The number of fused-ring (bicyclic) bond motifs is 1. The summed E-state index contributed by atoms with van der Waals surface area (Å²) in [7, 11) is 0. The van der Waals surface area contributed by atoms with Crippen LogP contribution in [0.15, 0.2) is 24.3 Å². The molecule has 0 bridgehead atoms. The molecule has 0 radical (unpaired) electrons. The number of hydrogen-bond donors (Lipinski definition) is 0. The Hall–Kier alpha value is -1.75. The average Bonchev–Trinajstić information content (AvgIpc) is 2.43. The van der Waals surface area contributed by atoms with Crippen LogP contribution >= 0.6 is 0 Å². The first-order valence-electron chi connectivity index (χ1n) is 3.71. The van der Waals surface area contributed by atoms with Crippen LogP contribution in [0, 0.1) is 13.5 Å². The van der Waals surface area contributed by atoms with Crippen LogP contribution < -0.4 is 4.98 Å². The Kier molecular flexibility index (Phi) is 1.38. The van der Waals surface area contributed by atoms with Gasteiger partial charge in [0.25, 0.3) is 0 Å². The van der Waals surface area contributed by atoms with Crippen molar-refractivity contribution in [3.05, 3.63) is 41.4 Å². The Bertz CT molecular complexity index is 460. The molecule has 1 aromatic carbocycles. The van der Waals surface area contributed by atoms with Gasteiger partial charge < -0.3 is 4.98 Å². The van der Waals surface area contributed by atoms with Crippen molar-refractivity contribution < 1.29 is 0 Å². The van der Waals surface area contributed by atoms with Crippen LogP contribution in [0.5, 0.6) is 0 Å². The molecule has 0 aliphatic heterocycles. The molecule has 0 aliphatic rings. The lowest BCUT2D eigenvalue weighted by atomic mass is 10.2. The van der Waals surface area contributed by atoms with E-state index in [-0.39, 0.29) is 0 Å².